The Bertz CT molecular complexity index is 107. The minimum absolute atomic E-state index is 0.167. The molecule has 0 amide bonds. The smallest absolute Gasteiger partial charge is 0.408 e. The molecule has 0 N–H and O–H groups in total. The van der Waals surface area contributed by atoms with E-state index >= 15 is 0 Å². The molecule has 0 saturated carbocycles. The fraction of sp³-hybridized carbons (Fsp3) is 1.00. The van der Waals surface area contributed by atoms with Gasteiger partial charge in [0, 0.05) is 5.60 Å². The summed E-state index contributed by atoms with van der Waals surface area (Å²) in [6.07, 6.45) is 0. The van der Waals surface area contributed by atoms with Gasteiger partial charge in [0.2, 0.25) is 0 Å². The van der Waals surface area contributed by atoms with E-state index in [1.54, 1.807) is 0 Å². The Morgan fingerprint density at radius 3 is 1.67 bits per heavy atom. The van der Waals surface area contributed by atoms with Gasteiger partial charge in [0.1, 0.15) is 0 Å². The van der Waals surface area contributed by atoms with E-state index in [0.29, 0.717) is 0 Å². The molecule has 0 aliphatic carbocycles. The van der Waals surface area contributed by atoms with E-state index in [1.165, 1.54) is 0 Å². The molecule has 0 aliphatic rings. The van der Waals surface area contributed by atoms with E-state index in [0.717, 1.165) is 0 Å². The summed E-state index contributed by atoms with van der Waals surface area (Å²) < 4.78 is 5.28. The predicted octanol–water partition coefficient (Wildman–Crippen LogP) is 1.81. The van der Waals surface area contributed by atoms with Crippen LogP contribution in [0.3, 0.4) is 0 Å². The van der Waals surface area contributed by atoms with E-state index < -0.39 is 0 Å². The van der Waals surface area contributed by atoms with Crippen molar-refractivity contribution in [1.29, 1.82) is 0 Å². The van der Waals surface area contributed by atoms with E-state index in [1.807, 2.05) is 41.5 Å². The minimum atomic E-state index is -0.277. The van der Waals surface area contributed by atoms with Crippen molar-refractivity contribution < 1.29 is 14.3 Å². The highest BCUT2D eigenvalue weighted by atomic mass is 17.2. The second kappa shape index (κ2) is 4.26. The number of hydrogen-bond donors (Lipinski definition) is 0. The van der Waals surface area contributed by atoms with Crippen LogP contribution in [0, 0.1) is 0 Å². The van der Waals surface area contributed by atoms with Gasteiger partial charge >= 0.3 is 7.69 Å². The predicted molar refractivity (Wildman–Crippen MR) is 49.9 cm³/mol. The zero-order chi connectivity index (χ0) is 9.83. The quantitative estimate of drug-likeness (QED) is 0.282. The number of rotatable bonds is 3. The Morgan fingerprint density at radius 2 is 1.33 bits per heavy atom. The lowest BCUT2D eigenvalue weighted by molar-refractivity contribution is -0.286. The summed E-state index contributed by atoms with van der Waals surface area (Å²) in [6, 6.07) is 0. The Balaban J connectivity index is 3.35. The second-order valence-electron chi connectivity index (χ2n) is 4.69. The molecular weight excluding hydrogens is 155 g/mol. The van der Waals surface area contributed by atoms with Gasteiger partial charge in [0.05, 0.1) is 5.60 Å². The molecule has 0 aromatic carbocycles. The van der Waals surface area contributed by atoms with Gasteiger partial charge in [-0.05, 0) is 41.5 Å². The van der Waals surface area contributed by atoms with Gasteiger partial charge in [-0.25, -0.2) is 4.89 Å². The molecule has 0 unspecified atom stereocenters. The van der Waals surface area contributed by atoms with Crippen LogP contribution in [0.4, 0.5) is 0 Å². The molecule has 4 heteroatoms. The van der Waals surface area contributed by atoms with E-state index in [4.69, 9.17) is 14.3 Å². The summed E-state index contributed by atoms with van der Waals surface area (Å²) in [5.41, 5.74) is -0.456. The summed E-state index contributed by atoms with van der Waals surface area (Å²) in [5, 5.41) is 0. The highest BCUT2D eigenvalue weighted by Crippen LogP contribution is 2.08. The standard InChI is InChI=1S/C8H19BO3/c1-7(2,3)10-9-12-11-8(4,5)6/h9H,1-6H3. The van der Waals surface area contributed by atoms with Crippen molar-refractivity contribution in [3.05, 3.63) is 0 Å². The summed E-state index contributed by atoms with van der Waals surface area (Å²) in [6.45, 7) is 11.7. The molecule has 0 aromatic rings. The van der Waals surface area contributed by atoms with Crippen molar-refractivity contribution in [2.45, 2.75) is 52.7 Å². The first-order chi connectivity index (χ1) is 5.21. The van der Waals surface area contributed by atoms with Crippen molar-refractivity contribution in [3.63, 3.8) is 0 Å². The highest BCUT2D eigenvalue weighted by molar-refractivity contribution is 6.17. The molecule has 3 nitrogen and oxygen atoms in total. The molecule has 0 atom stereocenters. The van der Waals surface area contributed by atoms with Crippen LogP contribution >= 0.6 is 0 Å². The summed E-state index contributed by atoms with van der Waals surface area (Å²) >= 11 is 0. The van der Waals surface area contributed by atoms with Crippen LogP contribution in [0.2, 0.25) is 0 Å². The molecule has 12 heavy (non-hydrogen) atoms. The van der Waals surface area contributed by atoms with E-state index in [-0.39, 0.29) is 18.9 Å². The minimum Gasteiger partial charge on any atom is -0.408 e. The van der Waals surface area contributed by atoms with Crippen molar-refractivity contribution in [2.75, 3.05) is 0 Å². The molecule has 72 valence electrons. The van der Waals surface area contributed by atoms with Gasteiger partial charge in [-0.3, -0.25) is 4.81 Å². The molecule has 0 spiro atoms. The maximum atomic E-state index is 5.28. The first kappa shape index (κ1) is 11.9. The average Bonchev–Trinajstić information content (AvgIpc) is 1.76. The second-order valence-corrected chi connectivity index (χ2v) is 4.69. The lowest BCUT2D eigenvalue weighted by atomic mass is 10.1. The molecule has 0 bridgehead atoms. The fourth-order valence-corrected chi connectivity index (χ4v) is 0.402. The first-order valence-electron chi connectivity index (χ1n) is 4.15. The third-order valence-electron chi connectivity index (χ3n) is 0.849. The summed E-state index contributed by atoms with van der Waals surface area (Å²) in [5.74, 6) is 0. The molecule has 0 heterocycles. The third-order valence-corrected chi connectivity index (χ3v) is 0.849. The molecule has 0 saturated heterocycles. The summed E-state index contributed by atoms with van der Waals surface area (Å²) in [7, 11) is 0.167. The van der Waals surface area contributed by atoms with Gasteiger partial charge in [0.15, 0.2) is 0 Å². The zero-order valence-corrected chi connectivity index (χ0v) is 8.93. The molecule has 0 fully saturated rings. The third kappa shape index (κ3) is 9.94. The molecular formula is C8H19BO3. The first-order valence-corrected chi connectivity index (χ1v) is 4.15. The maximum absolute atomic E-state index is 5.28. The Morgan fingerprint density at radius 1 is 0.833 bits per heavy atom. The van der Waals surface area contributed by atoms with Crippen molar-refractivity contribution >= 4 is 7.69 Å². The van der Waals surface area contributed by atoms with Gasteiger partial charge < -0.3 is 4.65 Å². The monoisotopic (exact) mass is 174 g/mol. The summed E-state index contributed by atoms with van der Waals surface area (Å²) in [4.78, 5) is 9.85. The maximum Gasteiger partial charge on any atom is 0.473 e. The van der Waals surface area contributed by atoms with Crippen LogP contribution in [-0.2, 0) is 14.3 Å². The van der Waals surface area contributed by atoms with Crippen LogP contribution in [0.25, 0.3) is 0 Å². The van der Waals surface area contributed by atoms with Crippen LogP contribution in [0.1, 0.15) is 41.5 Å². The van der Waals surface area contributed by atoms with Crippen LogP contribution < -0.4 is 0 Å². The highest BCUT2D eigenvalue weighted by Gasteiger charge is 2.15. The number of hydrogen-bond acceptors (Lipinski definition) is 3. The van der Waals surface area contributed by atoms with Crippen molar-refractivity contribution in [2.24, 2.45) is 0 Å². The topological polar surface area (TPSA) is 27.7 Å². The van der Waals surface area contributed by atoms with Crippen LogP contribution in [0.5, 0.6) is 0 Å². The Labute approximate surface area is 75.6 Å². The lowest BCUT2D eigenvalue weighted by Crippen LogP contribution is -2.26. The Kier molecular flexibility index (Phi) is 4.24. The van der Waals surface area contributed by atoms with Crippen molar-refractivity contribution in [1.82, 2.24) is 0 Å². The van der Waals surface area contributed by atoms with Gasteiger partial charge in [-0.2, -0.15) is 0 Å². The normalized spacial score (nSPS) is 13.2. The van der Waals surface area contributed by atoms with Gasteiger partial charge in [0.25, 0.3) is 0 Å². The zero-order valence-electron chi connectivity index (χ0n) is 8.93. The molecule has 0 radical (unpaired) electrons. The largest absolute Gasteiger partial charge is 0.473 e. The Hall–Kier alpha value is -0.0551. The van der Waals surface area contributed by atoms with E-state index in [9.17, 15) is 0 Å². The lowest BCUT2D eigenvalue weighted by Gasteiger charge is -2.21. The van der Waals surface area contributed by atoms with Crippen LogP contribution in [-0.4, -0.2) is 18.9 Å². The average molecular weight is 174 g/mol. The van der Waals surface area contributed by atoms with Gasteiger partial charge in [-0.15, -0.1) is 0 Å². The SMILES string of the molecule is CC(C)(C)OBOOC(C)(C)C. The molecule has 0 aliphatic heterocycles. The molecule has 0 aromatic heterocycles. The van der Waals surface area contributed by atoms with E-state index in [2.05, 4.69) is 0 Å². The fourth-order valence-electron chi connectivity index (χ4n) is 0.402. The van der Waals surface area contributed by atoms with Crippen molar-refractivity contribution in [3.8, 4) is 0 Å². The van der Waals surface area contributed by atoms with Crippen LogP contribution in [0.15, 0.2) is 0 Å². The molecule has 0 rings (SSSR count). The van der Waals surface area contributed by atoms with Gasteiger partial charge in [-0.1, -0.05) is 0 Å².